The van der Waals surface area contributed by atoms with Crippen molar-refractivity contribution in [2.75, 3.05) is 45.4 Å². The fourth-order valence-electron chi connectivity index (χ4n) is 3.31. The molecule has 0 radical (unpaired) electrons. The van der Waals surface area contributed by atoms with Crippen LogP contribution in [0, 0.1) is 0 Å². The normalized spacial score (nSPS) is 19.4. The van der Waals surface area contributed by atoms with E-state index in [-0.39, 0.29) is 11.9 Å². The quantitative estimate of drug-likeness (QED) is 0.538. The highest BCUT2D eigenvalue weighted by molar-refractivity contribution is 8.18. The summed E-state index contributed by atoms with van der Waals surface area (Å²) >= 11 is 1.33. The lowest BCUT2D eigenvalue weighted by Gasteiger charge is -2.28. The SMILES string of the molecule is COC(=O)c1ccc(/C=C2\SC(=Nc3ccc(N4CCOCC4)cc3)N(C)C2=O)cc1. The van der Waals surface area contributed by atoms with Crippen molar-refractivity contribution in [3.8, 4) is 0 Å². The molecule has 2 heterocycles. The second kappa shape index (κ2) is 9.36. The Kier molecular flexibility index (Phi) is 6.39. The third-order valence-corrected chi connectivity index (χ3v) is 6.14. The van der Waals surface area contributed by atoms with Crippen molar-refractivity contribution >= 4 is 46.3 Å². The maximum atomic E-state index is 12.7. The van der Waals surface area contributed by atoms with E-state index in [1.54, 1.807) is 42.3 Å². The van der Waals surface area contributed by atoms with Gasteiger partial charge in [-0.05, 0) is 59.8 Å². The van der Waals surface area contributed by atoms with Crippen molar-refractivity contribution in [1.82, 2.24) is 4.90 Å². The van der Waals surface area contributed by atoms with Gasteiger partial charge in [0.2, 0.25) is 0 Å². The van der Waals surface area contributed by atoms with Crippen LogP contribution in [0.15, 0.2) is 58.4 Å². The first kappa shape index (κ1) is 21.1. The van der Waals surface area contributed by atoms with Crippen LogP contribution >= 0.6 is 11.8 Å². The highest BCUT2D eigenvalue weighted by Gasteiger charge is 2.30. The third kappa shape index (κ3) is 4.81. The summed E-state index contributed by atoms with van der Waals surface area (Å²) in [6, 6.07) is 14.9. The number of hydrogen-bond donors (Lipinski definition) is 0. The summed E-state index contributed by atoms with van der Waals surface area (Å²) in [5.41, 5.74) is 3.23. The lowest BCUT2D eigenvalue weighted by molar-refractivity contribution is -0.121. The second-order valence-corrected chi connectivity index (χ2v) is 8.11. The first-order valence-corrected chi connectivity index (χ1v) is 10.7. The molecule has 0 unspecified atom stereocenters. The van der Waals surface area contributed by atoms with Gasteiger partial charge < -0.3 is 14.4 Å². The van der Waals surface area contributed by atoms with E-state index in [0.29, 0.717) is 15.6 Å². The molecule has 2 saturated heterocycles. The number of benzene rings is 2. The molecule has 0 N–H and O–H groups in total. The van der Waals surface area contributed by atoms with E-state index in [1.807, 2.05) is 24.3 Å². The highest BCUT2D eigenvalue weighted by atomic mass is 32.2. The molecule has 0 aliphatic carbocycles. The molecule has 2 fully saturated rings. The zero-order valence-electron chi connectivity index (χ0n) is 17.4. The van der Waals surface area contributed by atoms with Crippen molar-refractivity contribution in [1.29, 1.82) is 0 Å². The minimum atomic E-state index is -0.390. The fraction of sp³-hybridized carbons (Fsp3) is 0.261. The van der Waals surface area contributed by atoms with Gasteiger partial charge >= 0.3 is 5.97 Å². The minimum Gasteiger partial charge on any atom is -0.465 e. The molecule has 2 aromatic carbocycles. The second-order valence-electron chi connectivity index (χ2n) is 7.10. The molecule has 0 atom stereocenters. The number of ether oxygens (including phenoxy) is 2. The highest BCUT2D eigenvalue weighted by Crippen LogP contribution is 2.33. The zero-order chi connectivity index (χ0) is 21.8. The summed E-state index contributed by atoms with van der Waals surface area (Å²) in [6.45, 7) is 3.26. The Morgan fingerprint density at radius 2 is 1.77 bits per heavy atom. The Labute approximate surface area is 185 Å². The summed E-state index contributed by atoms with van der Waals surface area (Å²) < 4.78 is 10.1. The Morgan fingerprint density at radius 3 is 2.42 bits per heavy atom. The number of hydrogen-bond acceptors (Lipinski definition) is 7. The van der Waals surface area contributed by atoms with Crippen LogP contribution in [0.2, 0.25) is 0 Å². The monoisotopic (exact) mass is 437 g/mol. The van der Waals surface area contributed by atoms with Gasteiger partial charge in [-0.15, -0.1) is 0 Å². The van der Waals surface area contributed by atoms with Crippen LogP contribution < -0.4 is 4.90 Å². The van der Waals surface area contributed by atoms with Crippen LogP contribution in [0.5, 0.6) is 0 Å². The van der Waals surface area contributed by atoms with E-state index < -0.39 is 0 Å². The molecular weight excluding hydrogens is 414 g/mol. The number of carbonyl (C=O) groups is 2. The van der Waals surface area contributed by atoms with E-state index in [9.17, 15) is 9.59 Å². The molecule has 2 aliphatic rings. The fourth-order valence-corrected chi connectivity index (χ4v) is 4.29. The van der Waals surface area contributed by atoms with Gasteiger partial charge in [-0.25, -0.2) is 9.79 Å². The maximum absolute atomic E-state index is 12.7. The number of amides is 1. The Bertz CT molecular complexity index is 1030. The standard InChI is InChI=1S/C23H23N3O4S/c1-25-21(27)20(15-16-3-5-17(6-4-16)22(28)29-2)31-23(25)24-18-7-9-19(10-8-18)26-11-13-30-14-12-26/h3-10,15H,11-14H2,1-2H3/b20-15-,24-23?. The van der Waals surface area contributed by atoms with Crippen molar-refractivity contribution in [2.24, 2.45) is 4.99 Å². The van der Waals surface area contributed by atoms with Crippen LogP contribution in [0.3, 0.4) is 0 Å². The van der Waals surface area contributed by atoms with Crippen LogP contribution in [0.25, 0.3) is 6.08 Å². The number of amidine groups is 1. The first-order chi connectivity index (χ1) is 15.0. The van der Waals surface area contributed by atoms with Crippen molar-refractivity contribution in [2.45, 2.75) is 0 Å². The molecule has 31 heavy (non-hydrogen) atoms. The van der Waals surface area contributed by atoms with Gasteiger partial charge in [0.05, 0.1) is 36.5 Å². The van der Waals surface area contributed by atoms with Crippen LogP contribution in [0.4, 0.5) is 11.4 Å². The zero-order valence-corrected chi connectivity index (χ0v) is 18.2. The topological polar surface area (TPSA) is 71.4 Å². The number of anilines is 1. The van der Waals surface area contributed by atoms with Crippen molar-refractivity contribution in [3.05, 3.63) is 64.6 Å². The molecule has 2 aliphatic heterocycles. The number of thioether (sulfide) groups is 1. The minimum absolute atomic E-state index is 0.106. The average Bonchev–Trinajstić information content (AvgIpc) is 3.07. The van der Waals surface area contributed by atoms with Crippen molar-refractivity contribution < 1.29 is 19.1 Å². The predicted molar refractivity (Wildman–Crippen MR) is 123 cm³/mol. The van der Waals surface area contributed by atoms with E-state index >= 15 is 0 Å². The number of methoxy groups -OCH3 is 1. The molecular formula is C23H23N3O4S. The number of esters is 1. The molecule has 0 saturated carbocycles. The van der Waals surface area contributed by atoms with E-state index in [4.69, 9.17) is 9.47 Å². The summed E-state index contributed by atoms with van der Waals surface area (Å²) in [5, 5.41) is 0.626. The molecule has 2 aromatic rings. The molecule has 4 rings (SSSR count). The number of morpholine rings is 1. The number of aliphatic imine (C=N–C) groups is 1. The summed E-state index contributed by atoms with van der Waals surface area (Å²) in [7, 11) is 3.07. The Morgan fingerprint density at radius 1 is 1.10 bits per heavy atom. The number of rotatable bonds is 4. The van der Waals surface area contributed by atoms with Crippen LogP contribution in [-0.2, 0) is 14.3 Å². The number of carbonyl (C=O) groups excluding carboxylic acids is 2. The van der Waals surface area contributed by atoms with Gasteiger partial charge in [-0.2, -0.15) is 0 Å². The van der Waals surface area contributed by atoms with E-state index in [0.717, 1.165) is 43.2 Å². The van der Waals surface area contributed by atoms with Gasteiger partial charge in [0.1, 0.15) is 0 Å². The Hall–Kier alpha value is -3.10. The molecule has 1 amide bonds. The summed E-state index contributed by atoms with van der Waals surface area (Å²) in [4.78, 5) is 33.3. The van der Waals surface area contributed by atoms with Crippen molar-refractivity contribution in [3.63, 3.8) is 0 Å². The molecule has 8 heteroatoms. The lowest BCUT2D eigenvalue weighted by atomic mass is 10.1. The largest absolute Gasteiger partial charge is 0.465 e. The Balaban J connectivity index is 1.49. The van der Waals surface area contributed by atoms with Gasteiger partial charge in [0, 0.05) is 25.8 Å². The number of likely N-dealkylation sites (N-methyl/N-ethyl adjacent to an activating group) is 1. The molecule has 0 aromatic heterocycles. The third-order valence-electron chi connectivity index (χ3n) is 5.08. The van der Waals surface area contributed by atoms with Gasteiger partial charge in [-0.3, -0.25) is 9.69 Å². The molecule has 7 nitrogen and oxygen atoms in total. The summed E-state index contributed by atoms with van der Waals surface area (Å²) in [5.74, 6) is -0.495. The van der Waals surface area contributed by atoms with Gasteiger partial charge in [0.15, 0.2) is 5.17 Å². The predicted octanol–water partition coefficient (Wildman–Crippen LogP) is 3.54. The van der Waals surface area contributed by atoms with Gasteiger partial charge in [0.25, 0.3) is 5.91 Å². The number of nitrogens with zero attached hydrogens (tertiary/aromatic N) is 3. The molecule has 160 valence electrons. The first-order valence-electron chi connectivity index (χ1n) is 9.92. The van der Waals surface area contributed by atoms with Crippen LogP contribution in [-0.4, -0.2) is 62.4 Å². The average molecular weight is 438 g/mol. The van der Waals surface area contributed by atoms with E-state index in [1.165, 1.54) is 18.9 Å². The molecule has 0 spiro atoms. The van der Waals surface area contributed by atoms with Gasteiger partial charge in [-0.1, -0.05) is 12.1 Å². The van der Waals surface area contributed by atoms with Crippen LogP contribution in [0.1, 0.15) is 15.9 Å². The molecule has 0 bridgehead atoms. The van der Waals surface area contributed by atoms with E-state index in [2.05, 4.69) is 9.89 Å². The summed E-state index contributed by atoms with van der Waals surface area (Å²) in [6.07, 6.45) is 1.80. The smallest absolute Gasteiger partial charge is 0.337 e. The maximum Gasteiger partial charge on any atom is 0.337 e. The lowest BCUT2D eigenvalue weighted by Crippen LogP contribution is -2.36.